The lowest BCUT2D eigenvalue weighted by atomic mass is 9.94. The Morgan fingerprint density at radius 3 is 1.60 bits per heavy atom. The van der Waals surface area contributed by atoms with Crippen LogP contribution in [0.2, 0.25) is 20.1 Å². The average molecular weight is 524 g/mol. The Labute approximate surface area is 203 Å². The standard InChI is InChI=1S/C21H13Cl6NO2/c22-15-3-1-11(7-17(15)24)5-13-9-28(21(30)20(26)27)10-14(19(13)29)6-12-2-4-16(23)18(25)8-12/h1-8,20H,9-10H2/b13-5+,14-6+. The molecule has 1 saturated heterocycles. The zero-order chi connectivity index (χ0) is 22.0. The van der Waals surface area contributed by atoms with E-state index < -0.39 is 10.7 Å². The Bertz CT molecular complexity index is 1000. The smallest absolute Gasteiger partial charge is 0.256 e. The number of Topliss-reactive ketones (excluding diaryl/α,β-unsaturated/α-hetero) is 1. The molecule has 0 saturated carbocycles. The number of carbonyl (C=O) groups excluding carboxylic acids is 2. The van der Waals surface area contributed by atoms with Crippen molar-refractivity contribution in [2.45, 2.75) is 4.84 Å². The molecule has 0 spiro atoms. The zero-order valence-corrected chi connectivity index (χ0v) is 19.7. The molecule has 30 heavy (non-hydrogen) atoms. The first-order valence-corrected chi connectivity index (χ1v) is 11.0. The third kappa shape index (κ3) is 5.53. The van der Waals surface area contributed by atoms with Crippen molar-refractivity contribution in [3.63, 3.8) is 0 Å². The van der Waals surface area contributed by atoms with Crippen LogP contribution >= 0.6 is 69.6 Å². The van der Waals surface area contributed by atoms with Crippen LogP contribution < -0.4 is 0 Å². The van der Waals surface area contributed by atoms with E-state index in [1.165, 1.54) is 4.90 Å². The predicted octanol–water partition coefficient (Wildman–Crippen LogP) is 6.98. The van der Waals surface area contributed by atoms with Gasteiger partial charge in [-0.25, -0.2) is 0 Å². The number of benzene rings is 2. The topological polar surface area (TPSA) is 37.4 Å². The third-order valence-corrected chi connectivity index (χ3v) is 6.22. The highest BCUT2D eigenvalue weighted by atomic mass is 35.5. The van der Waals surface area contributed by atoms with Crippen LogP contribution in [0, 0.1) is 0 Å². The molecule has 3 rings (SSSR count). The van der Waals surface area contributed by atoms with E-state index in [0.717, 1.165) is 0 Å². The van der Waals surface area contributed by atoms with Gasteiger partial charge in [-0.15, -0.1) is 0 Å². The molecule has 1 aliphatic rings. The van der Waals surface area contributed by atoms with E-state index in [1.807, 2.05) is 0 Å². The van der Waals surface area contributed by atoms with Crippen molar-refractivity contribution in [3.8, 4) is 0 Å². The van der Waals surface area contributed by atoms with E-state index in [2.05, 4.69) is 0 Å². The fourth-order valence-electron chi connectivity index (χ4n) is 2.94. The van der Waals surface area contributed by atoms with Crippen LogP contribution in [-0.4, -0.2) is 34.5 Å². The molecule has 0 bridgehead atoms. The summed E-state index contributed by atoms with van der Waals surface area (Å²) in [4.78, 5) is 25.7. The van der Waals surface area contributed by atoms with Crippen LogP contribution in [-0.2, 0) is 9.59 Å². The number of likely N-dealkylation sites (tertiary alicyclic amines) is 1. The number of amides is 1. The lowest BCUT2D eigenvalue weighted by molar-refractivity contribution is -0.129. The maximum atomic E-state index is 13.1. The van der Waals surface area contributed by atoms with Crippen molar-refractivity contribution >= 4 is 93.4 Å². The van der Waals surface area contributed by atoms with Crippen LogP contribution in [0.15, 0.2) is 47.5 Å². The van der Waals surface area contributed by atoms with Gasteiger partial charge in [0.1, 0.15) is 0 Å². The molecule has 0 atom stereocenters. The van der Waals surface area contributed by atoms with Crippen molar-refractivity contribution in [1.82, 2.24) is 4.90 Å². The summed E-state index contributed by atoms with van der Waals surface area (Å²) in [5, 5.41) is 1.52. The molecular weight excluding hydrogens is 511 g/mol. The maximum Gasteiger partial charge on any atom is 0.256 e. The summed E-state index contributed by atoms with van der Waals surface area (Å²) in [7, 11) is 0. The number of piperidine rings is 1. The van der Waals surface area contributed by atoms with E-state index in [0.29, 0.717) is 42.4 Å². The van der Waals surface area contributed by atoms with Gasteiger partial charge in [0.25, 0.3) is 5.91 Å². The third-order valence-electron chi connectivity index (χ3n) is 4.37. The first-order chi connectivity index (χ1) is 14.2. The van der Waals surface area contributed by atoms with Gasteiger partial charge in [-0.2, -0.15) is 0 Å². The second kappa shape index (κ2) is 9.95. The number of hydrogen-bond acceptors (Lipinski definition) is 2. The molecule has 0 aliphatic carbocycles. The number of rotatable bonds is 3. The van der Waals surface area contributed by atoms with Crippen LogP contribution in [0.3, 0.4) is 0 Å². The number of ketones is 1. The van der Waals surface area contributed by atoms with Gasteiger partial charge in [0.05, 0.1) is 20.1 Å². The first-order valence-electron chi connectivity index (χ1n) is 8.58. The van der Waals surface area contributed by atoms with Gasteiger partial charge in [0, 0.05) is 24.2 Å². The molecule has 1 amide bonds. The maximum absolute atomic E-state index is 13.1. The normalized spacial score (nSPS) is 17.3. The van der Waals surface area contributed by atoms with Gasteiger partial charge in [-0.1, -0.05) is 81.7 Å². The van der Waals surface area contributed by atoms with Gasteiger partial charge in [-0.05, 0) is 47.5 Å². The molecule has 1 heterocycles. The van der Waals surface area contributed by atoms with E-state index in [9.17, 15) is 9.59 Å². The summed E-state index contributed by atoms with van der Waals surface area (Å²) in [5.41, 5.74) is 2.11. The van der Waals surface area contributed by atoms with E-state index >= 15 is 0 Å². The fourth-order valence-corrected chi connectivity index (χ4v) is 3.83. The number of hydrogen-bond donors (Lipinski definition) is 0. The summed E-state index contributed by atoms with van der Waals surface area (Å²) in [5.74, 6) is -0.706. The molecule has 0 aromatic heterocycles. The Morgan fingerprint density at radius 2 is 1.23 bits per heavy atom. The van der Waals surface area contributed by atoms with Crippen molar-refractivity contribution < 1.29 is 9.59 Å². The van der Waals surface area contributed by atoms with Gasteiger partial charge < -0.3 is 4.90 Å². The molecule has 2 aromatic carbocycles. The predicted molar refractivity (Wildman–Crippen MR) is 126 cm³/mol. The van der Waals surface area contributed by atoms with Crippen LogP contribution in [0.5, 0.6) is 0 Å². The Hall–Kier alpha value is -1.20. The monoisotopic (exact) mass is 521 g/mol. The van der Waals surface area contributed by atoms with Gasteiger partial charge >= 0.3 is 0 Å². The number of halogens is 6. The lowest BCUT2D eigenvalue weighted by Gasteiger charge is -2.30. The molecule has 0 radical (unpaired) electrons. The highest BCUT2D eigenvalue weighted by Gasteiger charge is 2.31. The second-order valence-electron chi connectivity index (χ2n) is 6.51. The van der Waals surface area contributed by atoms with Gasteiger partial charge in [0.15, 0.2) is 10.6 Å². The molecule has 1 fully saturated rings. The first kappa shape index (κ1) is 23.5. The molecule has 0 N–H and O–H groups in total. The highest BCUT2D eigenvalue weighted by molar-refractivity contribution is 6.53. The molecule has 1 aliphatic heterocycles. The van der Waals surface area contributed by atoms with Gasteiger partial charge in [-0.3, -0.25) is 9.59 Å². The van der Waals surface area contributed by atoms with Gasteiger partial charge in [0.2, 0.25) is 0 Å². The zero-order valence-electron chi connectivity index (χ0n) is 15.1. The van der Waals surface area contributed by atoms with E-state index in [-0.39, 0.29) is 18.9 Å². The van der Waals surface area contributed by atoms with Crippen molar-refractivity contribution in [1.29, 1.82) is 0 Å². The van der Waals surface area contributed by atoms with E-state index in [4.69, 9.17) is 69.6 Å². The number of nitrogens with zero attached hydrogens (tertiary/aromatic N) is 1. The summed E-state index contributed by atoms with van der Waals surface area (Å²) in [6.07, 6.45) is 3.31. The Morgan fingerprint density at radius 1 is 0.800 bits per heavy atom. The molecular formula is C21H13Cl6NO2. The largest absolute Gasteiger partial charge is 0.331 e. The molecule has 9 heteroatoms. The number of carbonyl (C=O) groups is 2. The summed E-state index contributed by atoms with van der Waals surface area (Å²) < 4.78 is 0. The molecule has 156 valence electrons. The minimum absolute atomic E-state index is 0.0621. The number of alkyl halides is 2. The fraction of sp³-hybridized carbons (Fsp3) is 0.143. The average Bonchev–Trinajstić information content (AvgIpc) is 2.69. The molecule has 0 unspecified atom stereocenters. The minimum atomic E-state index is -1.24. The second-order valence-corrected chi connectivity index (χ2v) is 9.24. The van der Waals surface area contributed by atoms with Crippen molar-refractivity contribution in [2.24, 2.45) is 0 Å². The summed E-state index contributed by atoms with van der Waals surface area (Å²) in [6, 6.07) is 9.99. The molecule has 3 nitrogen and oxygen atoms in total. The van der Waals surface area contributed by atoms with Crippen molar-refractivity contribution in [2.75, 3.05) is 13.1 Å². The van der Waals surface area contributed by atoms with Crippen LogP contribution in [0.4, 0.5) is 0 Å². The lowest BCUT2D eigenvalue weighted by Crippen LogP contribution is -2.43. The van der Waals surface area contributed by atoms with Crippen LogP contribution in [0.25, 0.3) is 12.2 Å². The Balaban J connectivity index is 2.03. The Kier molecular flexibility index (Phi) is 7.78. The van der Waals surface area contributed by atoms with Crippen LogP contribution in [0.1, 0.15) is 11.1 Å². The summed E-state index contributed by atoms with van der Waals surface area (Å²) >= 11 is 35.6. The molecule has 2 aromatic rings. The minimum Gasteiger partial charge on any atom is -0.331 e. The quantitative estimate of drug-likeness (QED) is 0.321. The highest BCUT2D eigenvalue weighted by Crippen LogP contribution is 2.28. The van der Waals surface area contributed by atoms with E-state index in [1.54, 1.807) is 48.6 Å². The van der Waals surface area contributed by atoms with Crippen molar-refractivity contribution in [3.05, 3.63) is 78.8 Å². The summed E-state index contributed by atoms with van der Waals surface area (Å²) in [6.45, 7) is 0.124. The SMILES string of the molecule is O=C1/C(=C/c2ccc(Cl)c(Cl)c2)CN(C(=O)C(Cl)Cl)C/C1=C\c1ccc(Cl)c(Cl)c1.